The molecule has 0 spiro atoms. The Hall–Kier alpha value is -2.79. The molecule has 0 aromatic heterocycles. The van der Waals surface area contributed by atoms with Gasteiger partial charge in [0.15, 0.2) is 5.11 Å². The first-order valence-corrected chi connectivity index (χ1v) is 13.7. The minimum Gasteiger partial charge on any atom is -0.493 e. The number of amides is 1. The highest BCUT2D eigenvalue weighted by atomic mass is 79.9. The predicted molar refractivity (Wildman–Crippen MR) is 145 cm³/mol. The molecule has 7 nitrogen and oxygen atoms in total. The van der Waals surface area contributed by atoms with E-state index in [1.54, 1.807) is 30.3 Å². The summed E-state index contributed by atoms with van der Waals surface area (Å²) in [7, 11) is -3.68. The molecule has 0 radical (unpaired) electrons. The van der Waals surface area contributed by atoms with E-state index in [0.29, 0.717) is 23.6 Å². The van der Waals surface area contributed by atoms with Crippen molar-refractivity contribution in [2.45, 2.75) is 31.2 Å². The first-order chi connectivity index (χ1) is 16.8. The third kappa shape index (κ3) is 8.14. The second-order valence-corrected chi connectivity index (χ2v) is 10.7. The number of hydrogen-bond donors (Lipinski definition) is 3. The van der Waals surface area contributed by atoms with Crippen LogP contribution in [-0.2, 0) is 16.6 Å². The van der Waals surface area contributed by atoms with Gasteiger partial charge in [-0.15, -0.1) is 0 Å². The molecule has 0 atom stereocenters. The maximum absolute atomic E-state index is 12.8. The van der Waals surface area contributed by atoms with Crippen LogP contribution in [0, 0.1) is 0 Å². The molecule has 0 aliphatic carbocycles. The predicted octanol–water partition coefficient (Wildman–Crippen LogP) is 5.23. The number of nitrogens with one attached hydrogen (secondary N) is 3. The fourth-order valence-corrected chi connectivity index (χ4v) is 4.63. The average molecular weight is 577 g/mol. The van der Waals surface area contributed by atoms with Crippen LogP contribution in [-0.4, -0.2) is 26.0 Å². The van der Waals surface area contributed by atoms with Gasteiger partial charge >= 0.3 is 0 Å². The Morgan fingerprint density at radius 1 is 1.03 bits per heavy atom. The molecule has 0 saturated heterocycles. The Kier molecular flexibility index (Phi) is 9.79. The van der Waals surface area contributed by atoms with Crippen molar-refractivity contribution >= 4 is 54.9 Å². The summed E-state index contributed by atoms with van der Waals surface area (Å²) in [6.45, 7) is 2.77. The highest BCUT2D eigenvalue weighted by molar-refractivity contribution is 9.10. The van der Waals surface area contributed by atoms with E-state index >= 15 is 0 Å². The topological polar surface area (TPSA) is 96.5 Å². The van der Waals surface area contributed by atoms with Gasteiger partial charge in [0, 0.05) is 16.7 Å². The number of carbonyl (C=O) groups is 1. The smallest absolute Gasteiger partial charge is 0.261 e. The van der Waals surface area contributed by atoms with Gasteiger partial charge in [0.05, 0.1) is 17.1 Å². The first kappa shape index (κ1) is 26.8. The second-order valence-electron chi connectivity index (χ2n) is 7.59. The SMILES string of the molecule is CCCCOc1ccc(Br)cc1C(=O)NC(=S)Nc1ccc(S(=O)(=O)NCc2ccccc2)cc1. The monoisotopic (exact) mass is 575 g/mol. The normalized spacial score (nSPS) is 11.0. The van der Waals surface area contributed by atoms with Gasteiger partial charge in [-0.25, -0.2) is 13.1 Å². The van der Waals surface area contributed by atoms with Crippen LogP contribution in [0.25, 0.3) is 0 Å². The lowest BCUT2D eigenvalue weighted by molar-refractivity contribution is 0.0973. The molecular formula is C25H26BrN3O4S2. The van der Waals surface area contributed by atoms with Crippen LogP contribution in [0.1, 0.15) is 35.7 Å². The molecule has 0 aliphatic rings. The van der Waals surface area contributed by atoms with Crippen LogP contribution in [0.3, 0.4) is 0 Å². The number of benzene rings is 3. The molecule has 0 aliphatic heterocycles. The van der Waals surface area contributed by atoms with Gasteiger partial charge in [0.1, 0.15) is 5.75 Å². The molecular weight excluding hydrogens is 550 g/mol. The van der Waals surface area contributed by atoms with Crippen molar-refractivity contribution in [3.63, 3.8) is 0 Å². The van der Waals surface area contributed by atoms with Gasteiger partial charge in [-0.1, -0.05) is 59.6 Å². The van der Waals surface area contributed by atoms with Crippen molar-refractivity contribution in [1.29, 1.82) is 0 Å². The van der Waals surface area contributed by atoms with Crippen molar-refractivity contribution in [1.82, 2.24) is 10.0 Å². The third-order valence-electron chi connectivity index (χ3n) is 4.90. The molecule has 3 N–H and O–H groups in total. The number of unbranched alkanes of at least 4 members (excludes halogenated alkanes) is 1. The van der Waals surface area contributed by atoms with Gasteiger partial charge in [-0.3, -0.25) is 10.1 Å². The lowest BCUT2D eigenvalue weighted by atomic mass is 10.2. The number of sulfonamides is 1. The summed E-state index contributed by atoms with van der Waals surface area (Å²) < 4.78 is 34.2. The van der Waals surface area contributed by atoms with E-state index in [9.17, 15) is 13.2 Å². The zero-order chi connectivity index (χ0) is 25.3. The maximum atomic E-state index is 12.8. The molecule has 3 rings (SSSR count). The van der Waals surface area contributed by atoms with E-state index in [1.807, 2.05) is 30.3 Å². The van der Waals surface area contributed by atoms with E-state index in [0.717, 1.165) is 22.9 Å². The zero-order valence-electron chi connectivity index (χ0n) is 19.1. The number of hydrogen-bond acceptors (Lipinski definition) is 5. The molecule has 35 heavy (non-hydrogen) atoms. The number of thiocarbonyl (C=S) groups is 1. The highest BCUT2D eigenvalue weighted by Crippen LogP contribution is 2.24. The lowest BCUT2D eigenvalue weighted by Crippen LogP contribution is -2.34. The van der Waals surface area contributed by atoms with E-state index < -0.39 is 15.9 Å². The van der Waals surface area contributed by atoms with Crippen LogP contribution in [0.15, 0.2) is 82.2 Å². The summed E-state index contributed by atoms with van der Waals surface area (Å²) in [5, 5.41) is 5.61. The standard InChI is InChI=1S/C25H26BrN3O4S2/c1-2-3-15-33-23-14-9-19(26)16-22(23)24(30)29-25(34)28-20-10-12-21(13-11-20)35(31,32)27-17-18-7-5-4-6-8-18/h4-14,16,27H,2-3,15,17H2,1H3,(H2,28,29,30,34). The highest BCUT2D eigenvalue weighted by Gasteiger charge is 2.16. The van der Waals surface area contributed by atoms with Crippen molar-refractivity contribution in [2.75, 3.05) is 11.9 Å². The van der Waals surface area contributed by atoms with Gasteiger partial charge < -0.3 is 10.1 Å². The maximum Gasteiger partial charge on any atom is 0.261 e. The number of halogens is 1. The van der Waals surface area contributed by atoms with E-state index in [4.69, 9.17) is 17.0 Å². The Bertz CT molecular complexity index is 1270. The number of carbonyl (C=O) groups excluding carboxylic acids is 1. The molecule has 3 aromatic carbocycles. The Balaban J connectivity index is 1.59. The van der Waals surface area contributed by atoms with Gasteiger partial charge in [0.25, 0.3) is 5.91 Å². The summed E-state index contributed by atoms with van der Waals surface area (Å²) >= 11 is 8.65. The van der Waals surface area contributed by atoms with Crippen molar-refractivity contribution in [3.8, 4) is 5.75 Å². The molecule has 0 saturated carbocycles. The van der Waals surface area contributed by atoms with Crippen molar-refractivity contribution < 1.29 is 17.9 Å². The Morgan fingerprint density at radius 3 is 2.43 bits per heavy atom. The summed E-state index contributed by atoms with van der Waals surface area (Å²) in [5.74, 6) is 0.0547. The largest absolute Gasteiger partial charge is 0.493 e. The summed E-state index contributed by atoms with van der Waals surface area (Å²) in [4.78, 5) is 12.9. The summed E-state index contributed by atoms with van der Waals surface area (Å²) in [6.07, 6.45) is 1.86. The van der Waals surface area contributed by atoms with Gasteiger partial charge in [0.2, 0.25) is 10.0 Å². The molecule has 3 aromatic rings. The van der Waals surface area contributed by atoms with Crippen LogP contribution in [0.5, 0.6) is 5.75 Å². The van der Waals surface area contributed by atoms with E-state index in [1.165, 1.54) is 12.1 Å². The minimum atomic E-state index is -3.68. The van der Waals surface area contributed by atoms with Crippen LogP contribution < -0.4 is 20.1 Å². The number of rotatable bonds is 10. The van der Waals surface area contributed by atoms with Crippen LogP contribution in [0.4, 0.5) is 5.69 Å². The summed E-state index contributed by atoms with van der Waals surface area (Å²) in [6, 6.07) is 20.6. The average Bonchev–Trinajstić information content (AvgIpc) is 2.84. The van der Waals surface area contributed by atoms with Crippen LogP contribution in [0.2, 0.25) is 0 Å². The second kappa shape index (κ2) is 12.8. The fraction of sp³-hybridized carbons (Fsp3) is 0.200. The first-order valence-electron chi connectivity index (χ1n) is 11.0. The number of ether oxygens (including phenoxy) is 1. The molecule has 0 heterocycles. The quantitative estimate of drug-likeness (QED) is 0.226. The Morgan fingerprint density at radius 2 is 1.74 bits per heavy atom. The van der Waals surface area contributed by atoms with Crippen molar-refractivity contribution in [3.05, 3.63) is 88.4 Å². The zero-order valence-corrected chi connectivity index (χ0v) is 22.3. The van der Waals surface area contributed by atoms with Gasteiger partial charge in [-0.2, -0.15) is 0 Å². The number of anilines is 1. The van der Waals surface area contributed by atoms with Crippen molar-refractivity contribution in [2.24, 2.45) is 0 Å². The molecule has 1 amide bonds. The van der Waals surface area contributed by atoms with Gasteiger partial charge in [-0.05, 0) is 66.7 Å². The molecule has 184 valence electrons. The lowest BCUT2D eigenvalue weighted by Gasteiger charge is -2.14. The van der Waals surface area contributed by atoms with E-state index in [2.05, 4.69) is 38.2 Å². The molecule has 0 unspecified atom stereocenters. The third-order valence-corrected chi connectivity index (χ3v) is 7.01. The summed E-state index contributed by atoms with van der Waals surface area (Å²) in [5.41, 5.74) is 1.75. The minimum absolute atomic E-state index is 0.0762. The van der Waals surface area contributed by atoms with Crippen LogP contribution >= 0.6 is 28.1 Å². The molecule has 10 heteroatoms. The molecule has 0 bridgehead atoms. The molecule has 0 fully saturated rings. The fourth-order valence-electron chi connectivity index (χ4n) is 3.04. The Labute approximate surface area is 219 Å². The van der Waals surface area contributed by atoms with E-state index in [-0.39, 0.29) is 16.6 Å².